The van der Waals surface area contributed by atoms with E-state index in [0.29, 0.717) is 23.5 Å². The van der Waals surface area contributed by atoms with Crippen molar-refractivity contribution in [2.75, 3.05) is 0 Å². The molecule has 2 atom stereocenters. The molecule has 0 bridgehead atoms. The van der Waals surface area contributed by atoms with Crippen molar-refractivity contribution in [3.63, 3.8) is 0 Å². The third-order valence-corrected chi connectivity index (χ3v) is 4.12. The predicted octanol–water partition coefficient (Wildman–Crippen LogP) is 2.92. The highest BCUT2D eigenvalue weighted by Crippen LogP contribution is 2.24. The largest absolute Gasteiger partial charge is 0.393 e. The fourth-order valence-corrected chi connectivity index (χ4v) is 3.15. The first kappa shape index (κ1) is 15.0. The van der Waals surface area contributed by atoms with Crippen molar-refractivity contribution in [2.45, 2.75) is 51.6 Å². The second-order valence-corrected chi connectivity index (χ2v) is 6.21. The summed E-state index contributed by atoms with van der Waals surface area (Å²) in [6, 6.07) is 8.27. The minimum Gasteiger partial charge on any atom is -0.393 e. The molecule has 1 aliphatic rings. The molecule has 4 heteroatoms. The lowest BCUT2D eigenvalue weighted by molar-refractivity contribution is 0.0510. The number of nitrogens with two attached hydrogens (primary N) is 1. The maximum Gasteiger partial charge on any atom is 0.254 e. The summed E-state index contributed by atoms with van der Waals surface area (Å²) in [5.41, 5.74) is 7.31. The molecule has 20 heavy (non-hydrogen) atoms. The first-order chi connectivity index (χ1) is 9.49. The molecule has 1 aromatic carbocycles. The van der Waals surface area contributed by atoms with E-state index >= 15 is 0 Å². The zero-order valence-electron chi connectivity index (χ0n) is 12.1. The van der Waals surface area contributed by atoms with Crippen molar-refractivity contribution >= 4 is 23.1 Å². The van der Waals surface area contributed by atoms with Gasteiger partial charge in [0.25, 0.3) is 5.91 Å². The molecule has 1 saturated heterocycles. The summed E-state index contributed by atoms with van der Waals surface area (Å²) in [5.74, 6) is 0.120. The van der Waals surface area contributed by atoms with Crippen molar-refractivity contribution in [1.29, 1.82) is 0 Å². The summed E-state index contributed by atoms with van der Waals surface area (Å²) in [7, 11) is 0. The zero-order valence-corrected chi connectivity index (χ0v) is 13.0. The number of carbonyl (C=O) groups excluding carboxylic acids is 1. The van der Waals surface area contributed by atoms with Crippen LogP contribution in [0, 0.1) is 0 Å². The summed E-state index contributed by atoms with van der Waals surface area (Å²) < 4.78 is 0. The van der Waals surface area contributed by atoms with E-state index in [1.807, 2.05) is 29.2 Å². The Morgan fingerprint density at radius 3 is 2.60 bits per heavy atom. The van der Waals surface area contributed by atoms with Gasteiger partial charge in [-0.25, -0.2) is 0 Å². The van der Waals surface area contributed by atoms with Crippen molar-refractivity contribution in [3.8, 4) is 0 Å². The summed E-state index contributed by atoms with van der Waals surface area (Å²) in [6.07, 6.45) is 3.92. The van der Waals surface area contributed by atoms with Gasteiger partial charge >= 0.3 is 0 Å². The quantitative estimate of drug-likeness (QED) is 0.871. The van der Waals surface area contributed by atoms with E-state index in [9.17, 15) is 4.79 Å². The second-order valence-electron chi connectivity index (χ2n) is 5.68. The van der Waals surface area contributed by atoms with E-state index in [1.54, 1.807) is 0 Å². The van der Waals surface area contributed by atoms with Crippen molar-refractivity contribution in [2.24, 2.45) is 5.73 Å². The number of rotatable bonds is 3. The lowest BCUT2D eigenvalue weighted by Gasteiger charge is -2.39. The first-order valence-electron chi connectivity index (χ1n) is 7.19. The summed E-state index contributed by atoms with van der Waals surface area (Å²) in [4.78, 5) is 15.2. The fraction of sp³-hybridized carbons (Fsp3) is 0.500. The molecule has 0 radical (unpaired) electrons. The molecule has 1 heterocycles. The van der Waals surface area contributed by atoms with E-state index in [2.05, 4.69) is 13.8 Å². The molecule has 1 aliphatic heterocycles. The molecular formula is C16H22N2OS. The Labute approximate surface area is 126 Å². The van der Waals surface area contributed by atoms with Crippen molar-refractivity contribution in [3.05, 3.63) is 35.4 Å². The number of nitrogens with zero attached hydrogens (tertiary/aromatic N) is 1. The number of hydrogen-bond donors (Lipinski definition) is 1. The highest BCUT2D eigenvalue weighted by Gasteiger charge is 2.29. The molecule has 0 aromatic heterocycles. The van der Waals surface area contributed by atoms with Crippen LogP contribution in [0.25, 0.3) is 0 Å². The standard InChI is InChI=1S/C16H22N2OS/c1-11-5-3-6-12(2)18(11)16(19)14-8-4-7-13(9-14)10-15(17)20/h4,7-9,11-12H,3,5-6,10H2,1-2H3,(H2,17,20). The minimum atomic E-state index is 0.120. The monoisotopic (exact) mass is 290 g/mol. The third kappa shape index (κ3) is 3.37. The van der Waals surface area contributed by atoms with Gasteiger partial charge in [0.2, 0.25) is 0 Å². The third-order valence-electron chi connectivity index (χ3n) is 3.98. The number of thiocarbonyl (C=S) groups is 1. The van der Waals surface area contributed by atoms with Gasteiger partial charge in [0, 0.05) is 24.1 Å². The van der Waals surface area contributed by atoms with Crippen LogP contribution in [-0.2, 0) is 6.42 Å². The van der Waals surface area contributed by atoms with Crippen LogP contribution in [0.5, 0.6) is 0 Å². The highest BCUT2D eigenvalue weighted by molar-refractivity contribution is 7.80. The van der Waals surface area contributed by atoms with Crippen LogP contribution < -0.4 is 5.73 Å². The van der Waals surface area contributed by atoms with E-state index in [-0.39, 0.29) is 5.91 Å². The highest BCUT2D eigenvalue weighted by atomic mass is 32.1. The van der Waals surface area contributed by atoms with E-state index in [4.69, 9.17) is 18.0 Å². The maximum atomic E-state index is 12.7. The Hall–Kier alpha value is -1.42. The van der Waals surface area contributed by atoms with Crippen LogP contribution in [0.2, 0.25) is 0 Å². The molecule has 0 aliphatic carbocycles. The number of benzene rings is 1. The Balaban J connectivity index is 2.21. The predicted molar refractivity (Wildman–Crippen MR) is 85.9 cm³/mol. The van der Waals surface area contributed by atoms with E-state index in [0.717, 1.165) is 24.0 Å². The molecule has 2 rings (SSSR count). The van der Waals surface area contributed by atoms with Crippen LogP contribution in [0.4, 0.5) is 0 Å². The summed E-state index contributed by atoms with van der Waals surface area (Å²) >= 11 is 4.93. The van der Waals surface area contributed by atoms with Crippen LogP contribution in [0.3, 0.4) is 0 Å². The number of carbonyl (C=O) groups is 1. The molecule has 1 amide bonds. The van der Waals surface area contributed by atoms with E-state index in [1.165, 1.54) is 6.42 Å². The van der Waals surface area contributed by atoms with Gasteiger partial charge in [-0.3, -0.25) is 4.79 Å². The van der Waals surface area contributed by atoms with Crippen LogP contribution >= 0.6 is 12.2 Å². The molecule has 3 nitrogen and oxygen atoms in total. The minimum absolute atomic E-state index is 0.120. The van der Waals surface area contributed by atoms with E-state index < -0.39 is 0 Å². The number of likely N-dealkylation sites (tertiary alicyclic amines) is 1. The topological polar surface area (TPSA) is 46.3 Å². The smallest absolute Gasteiger partial charge is 0.254 e. The Bertz CT molecular complexity index is 505. The van der Waals surface area contributed by atoms with Crippen molar-refractivity contribution in [1.82, 2.24) is 4.90 Å². The number of amides is 1. The zero-order chi connectivity index (χ0) is 14.7. The van der Waals surface area contributed by atoms with Gasteiger partial charge in [0.1, 0.15) is 0 Å². The molecule has 0 saturated carbocycles. The SMILES string of the molecule is CC1CCCC(C)N1C(=O)c1cccc(CC(N)=S)c1. The van der Waals surface area contributed by atoms with Crippen molar-refractivity contribution < 1.29 is 4.79 Å². The molecular weight excluding hydrogens is 268 g/mol. The van der Waals surface area contributed by atoms with Gasteiger partial charge in [0.05, 0.1) is 4.99 Å². The van der Waals surface area contributed by atoms with Gasteiger partial charge in [-0.2, -0.15) is 0 Å². The summed E-state index contributed by atoms with van der Waals surface area (Å²) in [6.45, 7) is 4.26. The maximum absolute atomic E-state index is 12.7. The number of hydrogen-bond acceptors (Lipinski definition) is 2. The first-order valence-corrected chi connectivity index (χ1v) is 7.59. The van der Waals surface area contributed by atoms with Gasteiger partial charge in [-0.05, 0) is 50.8 Å². The average Bonchev–Trinajstić information content (AvgIpc) is 2.38. The van der Waals surface area contributed by atoms with Gasteiger partial charge < -0.3 is 10.6 Å². The van der Waals surface area contributed by atoms with Crippen LogP contribution in [-0.4, -0.2) is 27.9 Å². The van der Waals surface area contributed by atoms with Crippen LogP contribution in [0.1, 0.15) is 49.0 Å². The van der Waals surface area contributed by atoms with Gasteiger partial charge in [-0.1, -0.05) is 24.4 Å². The van der Waals surface area contributed by atoms with Gasteiger partial charge in [0.15, 0.2) is 0 Å². The Morgan fingerprint density at radius 1 is 1.35 bits per heavy atom. The lowest BCUT2D eigenvalue weighted by Crippen LogP contribution is -2.47. The van der Waals surface area contributed by atoms with Crippen LogP contribution in [0.15, 0.2) is 24.3 Å². The lowest BCUT2D eigenvalue weighted by atomic mass is 9.96. The Kier molecular flexibility index (Phi) is 4.76. The molecule has 1 fully saturated rings. The normalized spacial score (nSPS) is 22.6. The Morgan fingerprint density at radius 2 is 2.00 bits per heavy atom. The summed E-state index contributed by atoms with van der Waals surface area (Å²) in [5, 5.41) is 0. The second kappa shape index (κ2) is 6.35. The number of piperidine rings is 1. The van der Waals surface area contributed by atoms with Gasteiger partial charge in [-0.15, -0.1) is 0 Å². The molecule has 108 valence electrons. The fourth-order valence-electron chi connectivity index (χ4n) is 2.99. The average molecular weight is 290 g/mol. The molecule has 0 spiro atoms. The molecule has 1 aromatic rings. The molecule has 2 N–H and O–H groups in total. The molecule has 2 unspecified atom stereocenters.